The van der Waals surface area contributed by atoms with Crippen molar-refractivity contribution >= 4 is 9.84 Å². The first-order chi connectivity index (χ1) is 8.16. The van der Waals surface area contributed by atoms with E-state index in [0.29, 0.717) is 11.5 Å². The molecule has 2 heterocycles. The second kappa shape index (κ2) is 6.16. The smallest absolute Gasteiger partial charge is 0.151 e. The fraction of sp³-hybridized carbons (Fsp3) is 1.00. The minimum Gasteiger partial charge on any atom is -0.313 e. The van der Waals surface area contributed by atoms with Gasteiger partial charge in [-0.3, -0.25) is 0 Å². The topological polar surface area (TPSA) is 49.4 Å². The van der Waals surface area contributed by atoms with Gasteiger partial charge in [-0.05, 0) is 51.9 Å². The van der Waals surface area contributed by atoms with Gasteiger partial charge in [0.1, 0.15) is 0 Å². The van der Waals surface area contributed by atoms with Crippen molar-refractivity contribution in [1.82, 2.24) is 10.2 Å². The molecule has 0 amide bonds. The number of piperidine rings is 1. The van der Waals surface area contributed by atoms with Crippen LogP contribution in [0.1, 0.15) is 32.1 Å². The predicted molar refractivity (Wildman–Crippen MR) is 70.0 cm³/mol. The Bertz CT molecular complexity index is 323. The third-order valence-electron chi connectivity index (χ3n) is 3.77. The summed E-state index contributed by atoms with van der Waals surface area (Å²) >= 11 is 0. The molecule has 0 bridgehead atoms. The van der Waals surface area contributed by atoms with Gasteiger partial charge in [0.2, 0.25) is 0 Å². The summed E-state index contributed by atoms with van der Waals surface area (Å²) in [6, 6.07) is 0.210. The molecule has 17 heavy (non-hydrogen) atoms. The van der Waals surface area contributed by atoms with Gasteiger partial charge in [-0.15, -0.1) is 0 Å². The number of rotatable bonds is 5. The second-order valence-electron chi connectivity index (χ2n) is 5.31. The lowest BCUT2D eigenvalue weighted by Gasteiger charge is -2.26. The Morgan fingerprint density at radius 3 is 2.59 bits per heavy atom. The Balaban J connectivity index is 1.54. The maximum atomic E-state index is 11.3. The van der Waals surface area contributed by atoms with Crippen molar-refractivity contribution in [2.24, 2.45) is 0 Å². The highest BCUT2D eigenvalue weighted by Crippen LogP contribution is 2.11. The minimum atomic E-state index is -2.73. The van der Waals surface area contributed by atoms with E-state index < -0.39 is 9.84 Å². The largest absolute Gasteiger partial charge is 0.313 e. The summed E-state index contributed by atoms with van der Waals surface area (Å²) < 4.78 is 22.5. The Morgan fingerprint density at radius 2 is 1.94 bits per heavy atom. The maximum Gasteiger partial charge on any atom is 0.151 e. The van der Waals surface area contributed by atoms with Crippen molar-refractivity contribution in [3.05, 3.63) is 0 Å². The molecule has 2 aliphatic rings. The first kappa shape index (κ1) is 13.3. The second-order valence-corrected chi connectivity index (χ2v) is 7.54. The van der Waals surface area contributed by atoms with Crippen molar-refractivity contribution in [3.63, 3.8) is 0 Å². The number of sulfone groups is 1. The van der Waals surface area contributed by atoms with Crippen LogP contribution in [0, 0.1) is 0 Å². The van der Waals surface area contributed by atoms with Crippen LogP contribution < -0.4 is 5.32 Å². The van der Waals surface area contributed by atoms with Crippen molar-refractivity contribution in [2.75, 3.05) is 37.7 Å². The molecule has 100 valence electrons. The van der Waals surface area contributed by atoms with Gasteiger partial charge in [-0.25, -0.2) is 8.42 Å². The number of nitrogens with one attached hydrogen (secondary N) is 1. The molecule has 2 aliphatic heterocycles. The minimum absolute atomic E-state index is 0.210. The number of nitrogens with zero attached hydrogens (tertiary/aromatic N) is 1. The van der Waals surface area contributed by atoms with Crippen LogP contribution in [0.25, 0.3) is 0 Å². The van der Waals surface area contributed by atoms with Gasteiger partial charge in [0.05, 0.1) is 11.5 Å². The van der Waals surface area contributed by atoms with Crippen molar-refractivity contribution < 1.29 is 8.42 Å². The molecule has 2 saturated heterocycles. The molecule has 5 heteroatoms. The average molecular weight is 260 g/mol. The summed E-state index contributed by atoms with van der Waals surface area (Å²) in [7, 11) is -2.73. The van der Waals surface area contributed by atoms with Crippen molar-refractivity contribution in [1.29, 1.82) is 0 Å². The van der Waals surface area contributed by atoms with E-state index in [-0.39, 0.29) is 6.04 Å². The molecule has 0 spiro atoms. The van der Waals surface area contributed by atoms with Gasteiger partial charge in [-0.1, -0.05) is 6.42 Å². The lowest BCUT2D eigenvalue weighted by atomic mass is 10.1. The van der Waals surface area contributed by atoms with Gasteiger partial charge in [0, 0.05) is 6.04 Å². The third-order valence-corrected chi connectivity index (χ3v) is 5.53. The molecule has 1 N–H and O–H groups in total. The molecule has 0 aromatic rings. The summed E-state index contributed by atoms with van der Waals surface area (Å²) in [6.07, 6.45) is 6.00. The Morgan fingerprint density at radius 1 is 1.18 bits per heavy atom. The maximum absolute atomic E-state index is 11.3. The first-order valence-corrected chi connectivity index (χ1v) is 8.64. The van der Waals surface area contributed by atoms with E-state index in [1.54, 1.807) is 0 Å². The normalized spacial score (nSPS) is 29.5. The van der Waals surface area contributed by atoms with Gasteiger partial charge in [-0.2, -0.15) is 0 Å². The lowest BCUT2D eigenvalue weighted by Crippen LogP contribution is -2.35. The van der Waals surface area contributed by atoms with Crippen LogP contribution in [0.3, 0.4) is 0 Å². The van der Waals surface area contributed by atoms with Gasteiger partial charge in [0.15, 0.2) is 9.84 Å². The van der Waals surface area contributed by atoms with E-state index in [9.17, 15) is 8.42 Å². The quantitative estimate of drug-likeness (QED) is 0.737. The summed E-state index contributed by atoms with van der Waals surface area (Å²) in [5.74, 6) is 0.716. The predicted octanol–water partition coefficient (Wildman–Crippen LogP) is 0.639. The molecule has 0 aliphatic carbocycles. The lowest BCUT2D eigenvalue weighted by molar-refractivity contribution is 0.225. The van der Waals surface area contributed by atoms with Crippen LogP contribution in [0.4, 0.5) is 0 Å². The fourth-order valence-corrected chi connectivity index (χ4v) is 4.46. The van der Waals surface area contributed by atoms with Crippen LogP contribution in [0.5, 0.6) is 0 Å². The number of likely N-dealkylation sites (tertiary alicyclic amines) is 1. The summed E-state index contributed by atoms with van der Waals surface area (Å²) in [5.41, 5.74) is 0. The molecule has 0 radical (unpaired) electrons. The molecular formula is C12H24N2O2S. The van der Waals surface area contributed by atoms with Gasteiger partial charge in [0.25, 0.3) is 0 Å². The zero-order chi connectivity index (χ0) is 12.1. The molecule has 1 unspecified atom stereocenters. The van der Waals surface area contributed by atoms with Crippen molar-refractivity contribution in [2.45, 2.75) is 38.1 Å². The number of hydrogen-bond donors (Lipinski definition) is 1. The standard InChI is InChI=1S/C12H24N2O2S/c15-17(16)10-5-12(11-17)13-6-4-9-14-7-2-1-3-8-14/h12-13H,1-11H2. The molecule has 4 nitrogen and oxygen atoms in total. The molecule has 2 fully saturated rings. The van der Waals surface area contributed by atoms with E-state index in [0.717, 1.165) is 25.9 Å². The highest BCUT2D eigenvalue weighted by atomic mass is 32.2. The first-order valence-electron chi connectivity index (χ1n) is 6.82. The SMILES string of the molecule is O=S1(=O)CCC(NCCCN2CCCCC2)C1. The third kappa shape index (κ3) is 4.56. The zero-order valence-corrected chi connectivity index (χ0v) is 11.3. The van der Waals surface area contributed by atoms with Crippen LogP contribution in [-0.4, -0.2) is 57.0 Å². The Labute approximate surface area is 105 Å². The monoisotopic (exact) mass is 260 g/mol. The molecule has 2 rings (SSSR count). The highest BCUT2D eigenvalue weighted by molar-refractivity contribution is 7.91. The van der Waals surface area contributed by atoms with E-state index >= 15 is 0 Å². The number of hydrogen-bond acceptors (Lipinski definition) is 4. The molecule has 0 aromatic carbocycles. The molecule has 1 atom stereocenters. The fourth-order valence-electron chi connectivity index (χ4n) is 2.75. The van der Waals surface area contributed by atoms with Crippen LogP contribution in [-0.2, 0) is 9.84 Å². The van der Waals surface area contributed by atoms with E-state index in [1.165, 1.54) is 32.4 Å². The Hall–Kier alpha value is -0.130. The Kier molecular flexibility index (Phi) is 4.82. The molecule has 0 aromatic heterocycles. The van der Waals surface area contributed by atoms with Crippen LogP contribution in [0.15, 0.2) is 0 Å². The van der Waals surface area contributed by atoms with Crippen LogP contribution >= 0.6 is 0 Å². The summed E-state index contributed by atoms with van der Waals surface area (Å²) in [5, 5.41) is 3.37. The zero-order valence-electron chi connectivity index (χ0n) is 10.5. The molecular weight excluding hydrogens is 236 g/mol. The van der Waals surface area contributed by atoms with E-state index in [4.69, 9.17) is 0 Å². The van der Waals surface area contributed by atoms with Gasteiger partial charge < -0.3 is 10.2 Å². The van der Waals surface area contributed by atoms with E-state index in [1.807, 2.05) is 0 Å². The van der Waals surface area contributed by atoms with Crippen LogP contribution in [0.2, 0.25) is 0 Å². The van der Waals surface area contributed by atoms with Gasteiger partial charge >= 0.3 is 0 Å². The summed E-state index contributed by atoms with van der Waals surface area (Å²) in [4.78, 5) is 2.52. The van der Waals surface area contributed by atoms with E-state index in [2.05, 4.69) is 10.2 Å². The van der Waals surface area contributed by atoms with Crippen molar-refractivity contribution in [3.8, 4) is 0 Å². The highest BCUT2D eigenvalue weighted by Gasteiger charge is 2.26. The summed E-state index contributed by atoms with van der Waals surface area (Å²) in [6.45, 7) is 4.61. The average Bonchev–Trinajstić information content (AvgIpc) is 2.66. The molecule has 0 saturated carbocycles.